The van der Waals surface area contributed by atoms with Crippen LogP contribution in [0, 0.1) is 12.7 Å². The van der Waals surface area contributed by atoms with Crippen molar-refractivity contribution in [1.82, 2.24) is 10.3 Å². The molecule has 0 aliphatic carbocycles. The van der Waals surface area contributed by atoms with E-state index in [0.717, 1.165) is 30.2 Å². The van der Waals surface area contributed by atoms with Crippen LogP contribution in [0.1, 0.15) is 28.9 Å². The first-order valence-corrected chi connectivity index (χ1v) is 7.55. The van der Waals surface area contributed by atoms with Gasteiger partial charge in [0.05, 0.1) is 5.69 Å². The highest BCUT2D eigenvalue weighted by Crippen LogP contribution is 2.21. The van der Waals surface area contributed by atoms with Crippen LogP contribution in [0.5, 0.6) is 5.75 Å². The van der Waals surface area contributed by atoms with Gasteiger partial charge in [0.1, 0.15) is 11.6 Å². The quantitative estimate of drug-likeness (QED) is 0.791. The number of nitrogens with zero attached hydrogens (tertiary/aromatic N) is 1. The van der Waals surface area contributed by atoms with E-state index in [1.807, 2.05) is 6.92 Å². The molecule has 1 aromatic carbocycles. The molecule has 3 nitrogen and oxygen atoms in total. The molecular formula is C15H19FN2OS. The molecule has 0 bridgehead atoms. The van der Waals surface area contributed by atoms with Crippen molar-refractivity contribution in [3.8, 4) is 5.75 Å². The third kappa shape index (κ3) is 4.02. The summed E-state index contributed by atoms with van der Waals surface area (Å²) in [4.78, 5) is 5.68. The van der Waals surface area contributed by atoms with E-state index in [9.17, 15) is 4.39 Å². The van der Waals surface area contributed by atoms with Gasteiger partial charge in [0.15, 0.2) is 11.6 Å². The Bertz CT molecular complexity index is 557. The lowest BCUT2D eigenvalue weighted by atomic mass is 10.3. The van der Waals surface area contributed by atoms with Crippen LogP contribution in [0.4, 0.5) is 4.39 Å². The number of hydrogen-bond acceptors (Lipinski definition) is 4. The minimum Gasteiger partial charge on any atom is -0.483 e. The number of para-hydroxylation sites is 1. The molecule has 0 atom stereocenters. The average Bonchev–Trinajstić information content (AvgIpc) is 2.79. The molecule has 0 radical (unpaired) electrons. The summed E-state index contributed by atoms with van der Waals surface area (Å²) in [5.41, 5.74) is 1.02. The van der Waals surface area contributed by atoms with Gasteiger partial charge in [0, 0.05) is 11.4 Å². The molecule has 0 aliphatic heterocycles. The van der Waals surface area contributed by atoms with Crippen molar-refractivity contribution in [3.05, 3.63) is 45.7 Å². The number of ether oxygens (including phenoxy) is 1. The topological polar surface area (TPSA) is 34.1 Å². The van der Waals surface area contributed by atoms with Gasteiger partial charge in [-0.3, -0.25) is 0 Å². The first-order chi connectivity index (χ1) is 9.70. The number of benzene rings is 1. The molecule has 5 heteroatoms. The normalized spacial score (nSPS) is 10.8. The molecule has 1 N–H and O–H groups in total. The number of hydrogen-bond donors (Lipinski definition) is 1. The van der Waals surface area contributed by atoms with Crippen LogP contribution in [-0.4, -0.2) is 11.5 Å². The Morgan fingerprint density at radius 3 is 2.90 bits per heavy atom. The van der Waals surface area contributed by atoms with E-state index in [1.54, 1.807) is 29.5 Å². The molecule has 20 heavy (non-hydrogen) atoms. The Labute approximate surface area is 122 Å². The van der Waals surface area contributed by atoms with Crippen LogP contribution in [0.25, 0.3) is 0 Å². The van der Waals surface area contributed by atoms with E-state index >= 15 is 0 Å². The number of aryl methyl sites for hydroxylation is 1. The van der Waals surface area contributed by atoms with Crippen molar-refractivity contribution in [2.45, 2.75) is 33.4 Å². The monoisotopic (exact) mass is 294 g/mol. The molecular weight excluding hydrogens is 275 g/mol. The van der Waals surface area contributed by atoms with Crippen LogP contribution >= 0.6 is 11.3 Å². The molecule has 1 aromatic heterocycles. The van der Waals surface area contributed by atoms with Gasteiger partial charge in [-0.05, 0) is 32.0 Å². The van der Waals surface area contributed by atoms with E-state index in [2.05, 4.69) is 17.2 Å². The first-order valence-electron chi connectivity index (χ1n) is 6.74. The maximum Gasteiger partial charge on any atom is 0.165 e. The van der Waals surface area contributed by atoms with Crippen molar-refractivity contribution in [2.24, 2.45) is 0 Å². The lowest BCUT2D eigenvalue weighted by molar-refractivity contribution is 0.289. The highest BCUT2D eigenvalue weighted by molar-refractivity contribution is 7.11. The zero-order chi connectivity index (χ0) is 14.4. The Morgan fingerprint density at radius 2 is 2.15 bits per heavy atom. The highest BCUT2D eigenvalue weighted by Gasteiger charge is 2.09. The third-order valence-electron chi connectivity index (χ3n) is 2.84. The van der Waals surface area contributed by atoms with E-state index in [4.69, 9.17) is 4.74 Å². The second kappa shape index (κ2) is 7.36. The van der Waals surface area contributed by atoms with Crippen molar-refractivity contribution in [3.63, 3.8) is 0 Å². The first kappa shape index (κ1) is 14.9. The van der Waals surface area contributed by atoms with Crippen LogP contribution in [0.3, 0.4) is 0 Å². The van der Waals surface area contributed by atoms with E-state index in [0.29, 0.717) is 6.61 Å². The van der Waals surface area contributed by atoms with Gasteiger partial charge in [0.25, 0.3) is 0 Å². The Hall–Kier alpha value is -1.46. The molecule has 0 fully saturated rings. The average molecular weight is 294 g/mol. The molecule has 0 spiro atoms. The second-order valence-corrected chi connectivity index (χ2v) is 5.68. The third-order valence-corrected chi connectivity index (χ3v) is 3.97. The Morgan fingerprint density at radius 1 is 1.35 bits per heavy atom. The van der Waals surface area contributed by atoms with Gasteiger partial charge in [-0.2, -0.15) is 0 Å². The molecule has 2 aromatic rings. The smallest absolute Gasteiger partial charge is 0.165 e. The zero-order valence-corrected chi connectivity index (χ0v) is 12.6. The Kier molecular flexibility index (Phi) is 5.49. The number of rotatable bonds is 7. The van der Waals surface area contributed by atoms with Crippen molar-refractivity contribution in [1.29, 1.82) is 0 Å². The summed E-state index contributed by atoms with van der Waals surface area (Å²) < 4.78 is 18.9. The minimum atomic E-state index is -0.342. The largest absolute Gasteiger partial charge is 0.483 e. The predicted octanol–water partition coefficient (Wildman–Crippen LogP) is 3.67. The fourth-order valence-electron chi connectivity index (χ4n) is 1.79. The Balaban J connectivity index is 1.93. The number of thiazole rings is 1. The maximum atomic E-state index is 13.4. The fraction of sp³-hybridized carbons (Fsp3) is 0.400. The summed E-state index contributed by atoms with van der Waals surface area (Å²) in [5.74, 6) is -0.0726. The van der Waals surface area contributed by atoms with E-state index in [-0.39, 0.29) is 11.6 Å². The number of nitrogens with one attached hydrogen (secondary N) is 1. The molecule has 2 rings (SSSR count). The molecule has 0 aliphatic rings. The SMILES string of the molecule is CCCNCc1sc(COc2ccccc2F)nc1C. The molecule has 108 valence electrons. The summed E-state index contributed by atoms with van der Waals surface area (Å²) in [6, 6.07) is 6.42. The lowest BCUT2D eigenvalue weighted by Gasteiger charge is -2.04. The van der Waals surface area contributed by atoms with Gasteiger partial charge in [-0.25, -0.2) is 9.37 Å². The van der Waals surface area contributed by atoms with Gasteiger partial charge in [0.2, 0.25) is 0 Å². The molecule has 0 unspecified atom stereocenters. The predicted molar refractivity (Wildman–Crippen MR) is 79.6 cm³/mol. The maximum absolute atomic E-state index is 13.4. The van der Waals surface area contributed by atoms with Crippen molar-refractivity contribution >= 4 is 11.3 Å². The van der Waals surface area contributed by atoms with E-state index < -0.39 is 0 Å². The minimum absolute atomic E-state index is 0.269. The van der Waals surface area contributed by atoms with Crippen LogP contribution in [-0.2, 0) is 13.2 Å². The van der Waals surface area contributed by atoms with Crippen molar-refractivity contribution < 1.29 is 9.13 Å². The van der Waals surface area contributed by atoms with Gasteiger partial charge >= 0.3 is 0 Å². The molecule has 0 saturated carbocycles. The van der Waals surface area contributed by atoms with E-state index in [1.165, 1.54) is 10.9 Å². The summed E-state index contributed by atoms with van der Waals surface area (Å²) >= 11 is 1.61. The van der Waals surface area contributed by atoms with Crippen LogP contribution in [0.15, 0.2) is 24.3 Å². The van der Waals surface area contributed by atoms with Crippen LogP contribution in [0.2, 0.25) is 0 Å². The summed E-state index contributed by atoms with van der Waals surface area (Å²) in [6.45, 7) is 6.27. The van der Waals surface area contributed by atoms with Gasteiger partial charge in [-0.1, -0.05) is 19.1 Å². The summed E-state index contributed by atoms with van der Waals surface area (Å²) in [6.07, 6.45) is 1.11. The lowest BCUT2D eigenvalue weighted by Crippen LogP contribution is -2.13. The number of aromatic nitrogens is 1. The standard InChI is InChI=1S/C15H19FN2OS/c1-3-8-17-9-14-11(2)18-15(20-14)10-19-13-7-5-4-6-12(13)16/h4-7,17H,3,8-10H2,1-2H3. The summed E-state index contributed by atoms with van der Waals surface area (Å²) in [5, 5.41) is 4.23. The summed E-state index contributed by atoms with van der Waals surface area (Å²) in [7, 11) is 0. The van der Waals surface area contributed by atoms with Crippen LogP contribution < -0.4 is 10.1 Å². The fourth-order valence-corrected chi connectivity index (χ4v) is 2.75. The second-order valence-electron chi connectivity index (χ2n) is 4.51. The molecule has 0 saturated heterocycles. The van der Waals surface area contributed by atoms with Gasteiger partial charge < -0.3 is 10.1 Å². The van der Waals surface area contributed by atoms with Gasteiger partial charge in [-0.15, -0.1) is 11.3 Å². The highest BCUT2D eigenvalue weighted by atomic mass is 32.1. The van der Waals surface area contributed by atoms with Crippen molar-refractivity contribution in [2.75, 3.05) is 6.54 Å². The molecule has 1 heterocycles. The zero-order valence-electron chi connectivity index (χ0n) is 11.8. The number of halogens is 1. The molecule has 0 amide bonds.